The monoisotopic (exact) mass is 1510 g/mol. The normalized spacial score (nSPS) is 15.8. The van der Waals surface area contributed by atoms with Crippen LogP contribution in [0, 0.1) is 32.1 Å². The van der Waals surface area contributed by atoms with Crippen LogP contribution in [0.25, 0.3) is 0 Å². The van der Waals surface area contributed by atoms with Crippen LogP contribution < -0.4 is 46.0 Å². The van der Waals surface area contributed by atoms with Gasteiger partial charge in [-0.05, 0) is 212 Å². The SMILES string of the molecule is CCOc1ccc(Sc2nc(Nc3cc(C)[nH]n3)cc(N3CC(C(=O)N4CCCC4)C3)n2)cc1.Cc1cc(Nc2cc(N3CCC3)nc(Sc3ccc(NC(=O)C4(C(F)(F)F)CC4)cc3)n2)n[nH]1.Cc1cc(Nc2cc(N3CCC3)nc(Sc3ccc(NC(=O)c4cccc(CN5CCC5)c4)cc3)n2)n[nH]1.[HH].[HH].[HH].[HH].[HH].[HH].[HH].[HH]. The Bertz CT molecular complexity index is 4750. The van der Waals surface area contributed by atoms with E-state index in [2.05, 4.69) is 92.8 Å². The molecule has 6 fully saturated rings. The number of halogens is 3. The molecular weight excluding hydrogens is 1410 g/mol. The van der Waals surface area contributed by atoms with Crippen LogP contribution in [0.1, 0.15) is 96.3 Å². The van der Waals surface area contributed by atoms with Crippen molar-refractivity contribution >= 4 is 117 Å². The van der Waals surface area contributed by atoms with Gasteiger partial charge in [-0.2, -0.15) is 28.5 Å². The highest BCUT2D eigenvalue weighted by molar-refractivity contribution is 7.99. The Morgan fingerprint density at radius 1 is 0.528 bits per heavy atom. The van der Waals surface area contributed by atoms with Crippen LogP contribution in [0.15, 0.2) is 164 Å². The van der Waals surface area contributed by atoms with E-state index in [-0.39, 0.29) is 42.0 Å². The van der Waals surface area contributed by atoms with Crippen LogP contribution in [-0.4, -0.2) is 166 Å². The number of hydrogen-bond acceptors (Lipinski definition) is 23. The third kappa shape index (κ3) is 18.4. The average molecular weight is 1510 g/mol. The van der Waals surface area contributed by atoms with Gasteiger partial charge in [0.05, 0.1) is 12.5 Å². The fourth-order valence-corrected chi connectivity index (χ4v) is 14.4. The van der Waals surface area contributed by atoms with Gasteiger partial charge in [0.1, 0.15) is 46.1 Å². The van der Waals surface area contributed by atoms with Crippen molar-refractivity contribution in [2.45, 2.75) is 116 Å². The van der Waals surface area contributed by atoms with Crippen LogP contribution >= 0.6 is 35.3 Å². The number of carbonyl (C=O) groups excluding carboxylic acids is 3. The van der Waals surface area contributed by atoms with Gasteiger partial charge < -0.3 is 50.9 Å². The summed E-state index contributed by atoms with van der Waals surface area (Å²) in [4.78, 5) is 79.7. The number of H-pyrrole nitrogens is 3. The number of aryl methyl sites for hydroxylation is 3. The fourth-order valence-electron chi connectivity index (χ4n) is 12.1. The Balaban J connectivity index is 0.000000258. The summed E-state index contributed by atoms with van der Waals surface area (Å²) in [6.07, 6.45) is 0.883. The molecule has 0 spiro atoms. The minimum Gasteiger partial charge on any atom is -0.494 e. The molecular formula is C74H97F3N22O4S3. The summed E-state index contributed by atoms with van der Waals surface area (Å²) in [5.41, 5.74) is 3.52. The van der Waals surface area contributed by atoms with Crippen LogP contribution in [-0.2, 0) is 16.1 Å². The maximum Gasteiger partial charge on any atom is 0.403 e. The van der Waals surface area contributed by atoms with Crippen LogP contribution in [0.5, 0.6) is 5.75 Å². The lowest BCUT2D eigenvalue weighted by Crippen LogP contribution is -2.54. The first kappa shape index (κ1) is 72.5. The number of anilines is 11. The van der Waals surface area contributed by atoms with E-state index >= 15 is 0 Å². The molecule has 5 saturated heterocycles. The maximum atomic E-state index is 13.2. The van der Waals surface area contributed by atoms with Crippen LogP contribution in [0.2, 0.25) is 0 Å². The molecule has 0 atom stereocenters. The Morgan fingerprint density at radius 2 is 0.972 bits per heavy atom. The van der Waals surface area contributed by atoms with E-state index in [9.17, 15) is 27.6 Å². The number of benzene rings is 4. The van der Waals surface area contributed by atoms with E-state index in [0.29, 0.717) is 75.5 Å². The van der Waals surface area contributed by atoms with Crippen molar-refractivity contribution in [3.8, 4) is 5.75 Å². The average Bonchev–Trinajstić information content (AvgIpc) is 1.59. The van der Waals surface area contributed by atoms with Gasteiger partial charge in [0.15, 0.2) is 32.9 Å². The van der Waals surface area contributed by atoms with Crippen molar-refractivity contribution in [1.29, 1.82) is 0 Å². The fraction of sp³-hybridized carbons (Fsp3) is 0.351. The van der Waals surface area contributed by atoms with Gasteiger partial charge in [-0.15, -0.1) is 0 Å². The molecule has 16 rings (SSSR count). The zero-order valence-electron chi connectivity index (χ0n) is 59.0. The molecule has 8 N–H and O–H groups in total. The van der Waals surface area contributed by atoms with Crippen molar-refractivity contribution in [2.24, 2.45) is 11.3 Å². The van der Waals surface area contributed by atoms with Crippen molar-refractivity contribution in [3.05, 3.63) is 162 Å². The second-order valence-electron chi connectivity index (χ2n) is 26.8. The van der Waals surface area contributed by atoms with E-state index in [4.69, 9.17) is 24.7 Å². The molecule has 11 heterocycles. The maximum absolute atomic E-state index is 13.2. The Hall–Kier alpha value is -10.4. The number of carbonyl (C=O) groups is 3. The Labute approximate surface area is 635 Å². The number of rotatable bonds is 24. The van der Waals surface area contributed by atoms with E-state index in [0.717, 1.165) is 145 Å². The highest BCUT2D eigenvalue weighted by Crippen LogP contribution is 2.58. The minimum absolute atomic E-state index is 0. The molecule has 26 nitrogen and oxygen atoms in total. The first-order valence-corrected chi connectivity index (χ1v) is 37.9. The third-order valence-electron chi connectivity index (χ3n) is 18.6. The topological polar surface area (TPSA) is 300 Å². The van der Waals surface area contributed by atoms with Crippen molar-refractivity contribution in [3.63, 3.8) is 0 Å². The molecule has 566 valence electrons. The summed E-state index contributed by atoms with van der Waals surface area (Å²) < 4.78 is 45.0. The lowest BCUT2D eigenvalue weighted by Gasteiger charge is -2.40. The summed E-state index contributed by atoms with van der Waals surface area (Å²) >= 11 is 4.30. The largest absolute Gasteiger partial charge is 0.494 e. The lowest BCUT2D eigenvalue weighted by molar-refractivity contribution is -0.189. The molecule has 32 heteroatoms. The number of nitrogens with one attached hydrogen (secondary N) is 8. The number of hydrogen-bond donors (Lipinski definition) is 8. The molecule has 1 saturated carbocycles. The number of alkyl halides is 3. The zero-order chi connectivity index (χ0) is 73.3. The summed E-state index contributed by atoms with van der Waals surface area (Å²) in [5.74, 6) is 6.62. The van der Waals surface area contributed by atoms with Gasteiger partial charge in [-0.25, -0.2) is 29.9 Å². The number of amides is 3. The van der Waals surface area contributed by atoms with E-state index in [1.807, 2.05) is 136 Å². The number of ether oxygens (including phenoxy) is 1. The van der Waals surface area contributed by atoms with E-state index < -0.39 is 17.5 Å². The van der Waals surface area contributed by atoms with Gasteiger partial charge in [0, 0.05) is 155 Å². The molecule has 0 radical (unpaired) electrons. The number of likely N-dealkylation sites (tertiary alicyclic amines) is 2. The van der Waals surface area contributed by atoms with Crippen molar-refractivity contribution < 1.29 is 43.7 Å². The first-order valence-electron chi connectivity index (χ1n) is 35.4. The molecule has 106 heavy (non-hydrogen) atoms. The summed E-state index contributed by atoms with van der Waals surface area (Å²) in [6.45, 7) is 18.6. The molecule has 1 aliphatic carbocycles. The Kier molecular flexibility index (Phi) is 22.2. The first-order chi connectivity index (χ1) is 51.4. The van der Waals surface area contributed by atoms with Gasteiger partial charge >= 0.3 is 6.18 Å². The number of aromatic amines is 3. The van der Waals surface area contributed by atoms with Gasteiger partial charge in [0.25, 0.3) is 5.91 Å². The van der Waals surface area contributed by atoms with E-state index in [1.165, 1.54) is 53.7 Å². The standard InChI is InChI=1S/C28H30N8OS.C24H29N7O2S.C22H22F3N7OS.8H2/c1-19-15-25(34-33-19)30-24-17-26(36-13-4-14-36)32-28(31-24)38-23-9-7-22(8-10-23)29-27(37)21-6-2-5-20(16-21)18-35-11-3-12-35;1-3-33-18-6-8-19(9-7-18)34-24-26-20(25-21-12-16(2)28-29-21)13-22(27-24)31-14-17(15-31)23(32)30-10-4-5-11-30;1-13-11-17(31-30-13)27-16-12-18(32-9-2-10-32)29-20(28-16)34-15-5-3-14(4-6-15)26-19(33)21(7-8-21)22(23,24)25;;;;;;;;/h2,5-10,15-17H,3-4,11-14,18H2,1H3,(H,29,37)(H2,30,31,32,33,34);6-9,12-13,17H,3-5,10-11,14-15H2,1-2H3,(H2,25,26,27,28,29);3-6,11-12H,2,7-10H2,1H3,(H,26,33)(H2,27,28,29,30,31);8*1H. The second kappa shape index (κ2) is 32.5. The van der Waals surface area contributed by atoms with Crippen molar-refractivity contribution in [2.75, 3.05) is 113 Å². The summed E-state index contributed by atoms with van der Waals surface area (Å²) in [5, 5.41) is 38.4. The molecule has 5 aliphatic heterocycles. The summed E-state index contributed by atoms with van der Waals surface area (Å²) in [6, 6.07) is 41.7. The molecule has 4 aromatic carbocycles. The minimum atomic E-state index is -4.54. The molecule has 6 aliphatic rings. The predicted molar refractivity (Wildman–Crippen MR) is 422 cm³/mol. The number of nitrogens with zero attached hydrogens (tertiary/aromatic N) is 14. The summed E-state index contributed by atoms with van der Waals surface area (Å²) in [7, 11) is 0. The molecule has 0 bridgehead atoms. The van der Waals surface area contributed by atoms with Crippen LogP contribution in [0.4, 0.5) is 76.9 Å². The highest BCUT2D eigenvalue weighted by Gasteiger charge is 2.68. The van der Waals surface area contributed by atoms with Crippen molar-refractivity contribution in [1.82, 2.24) is 70.3 Å². The second-order valence-corrected chi connectivity index (χ2v) is 29.9. The van der Waals surface area contributed by atoms with Crippen LogP contribution in [0.3, 0.4) is 0 Å². The van der Waals surface area contributed by atoms with E-state index in [1.54, 1.807) is 24.3 Å². The van der Waals surface area contributed by atoms with Gasteiger partial charge in [-0.1, -0.05) is 12.1 Å². The predicted octanol–water partition coefficient (Wildman–Crippen LogP) is 15.8. The third-order valence-corrected chi connectivity index (χ3v) is 21.2. The molecule has 10 aromatic rings. The Morgan fingerprint density at radius 3 is 1.37 bits per heavy atom. The van der Waals surface area contributed by atoms with Gasteiger partial charge in [0.2, 0.25) is 11.8 Å². The zero-order valence-corrected chi connectivity index (χ0v) is 61.4. The number of aromatic nitrogens is 12. The smallest absolute Gasteiger partial charge is 0.403 e. The molecule has 6 aromatic heterocycles. The molecule has 3 amide bonds. The lowest BCUT2D eigenvalue weighted by atomic mass is 9.98. The quantitative estimate of drug-likeness (QED) is 0.0261. The highest BCUT2D eigenvalue weighted by atomic mass is 32.2. The van der Waals surface area contributed by atoms with Gasteiger partial charge in [-0.3, -0.25) is 34.6 Å². The molecule has 0 unspecified atom stereocenters.